The van der Waals surface area contributed by atoms with Gasteiger partial charge in [-0.25, -0.2) is 4.39 Å². The smallest absolute Gasteiger partial charge is 0.123 e. The number of pyridine rings is 1. The Morgan fingerprint density at radius 2 is 1.68 bits per heavy atom. The molecule has 1 saturated carbocycles. The number of fused-ring (bicyclic) bond motifs is 1. The van der Waals surface area contributed by atoms with Crippen molar-refractivity contribution in [3.8, 4) is 11.1 Å². The van der Waals surface area contributed by atoms with Gasteiger partial charge in [-0.2, -0.15) is 0 Å². The third-order valence-corrected chi connectivity index (χ3v) is 4.39. The number of hydrogen-bond acceptors (Lipinski definition) is 1. The van der Waals surface area contributed by atoms with E-state index in [-0.39, 0.29) is 5.82 Å². The molecule has 0 unspecified atom stereocenters. The van der Waals surface area contributed by atoms with Crippen LogP contribution in [0.15, 0.2) is 54.6 Å². The van der Waals surface area contributed by atoms with E-state index in [1.54, 1.807) is 0 Å². The Hall–Kier alpha value is -2.48. The van der Waals surface area contributed by atoms with E-state index in [4.69, 9.17) is 4.98 Å². The summed E-state index contributed by atoms with van der Waals surface area (Å²) in [6.07, 6.45) is 6.62. The highest BCUT2D eigenvalue weighted by atomic mass is 19.1. The number of nitrogens with zero attached hydrogens (tertiary/aromatic N) is 1. The van der Waals surface area contributed by atoms with Crippen molar-refractivity contribution in [3.05, 3.63) is 71.7 Å². The van der Waals surface area contributed by atoms with E-state index >= 15 is 0 Å². The summed E-state index contributed by atoms with van der Waals surface area (Å²) in [4.78, 5) is 4.93. The van der Waals surface area contributed by atoms with Gasteiger partial charge in [0.15, 0.2) is 0 Å². The van der Waals surface area contributed by atoms with Crippen molar-refractivity contribution >= 4 is 17.0 Å². The molecule has 128 valence electrons. The summed E-state index contributed by atoms with van der Waals surface area (Å²) in [5.74, 6) is 0.354. The second kappa shape index (κ2) is 7.60. The molecule has 0 N–H and O–H groups in total. The summed E-state index contributed by atoms with van der Waals surface area (Å²) in [7, 11) is 0. The maximum Gasteiger partial charge on any atom is 0.123 e. The average molecular weight is 333 g/mol. The van der Waals surface area contributed by atoms with Crippen molar-refractivity contribution in [2.75, 3.05) is 0 Å². The first-order valence-corrected chi connectivity index (χ1v) is 9.09. The zero-order chi connectivity index (χ0) is 17.8. The number of para-hydroxylation sites is 1. The van der Waals surface area contributed by atoms with Gasteiger partial charge < -0.3 is 0 Å². The lowest BCUT2D eigenvalue weighted by atomic mass is 9.92. The van der Waals surface area contributed by atoms with Crippen LogP contribution in [-0.2, 0) is 0 Å². The molecule has 1 aliphatic rings. The topological polar surface area (TPSA) is 12.9 Å². The van der Waals surface area contributed by atoms with Gasteiger partial charge in [-0.05, 0) is 43.5 Å². The number of benzene rings is 2. The first-order chi connectivity index (χ1) is 12.3. The fraction of sp³-hybridized carbons (Fsp3) is 0.261. The molecule has 0 saturated heterocycles. The number of hydrogen-bond donors (Lipinski definition) is 0. The summed E-state index contributed by atoms with van der Waals surface area (Å²) >= 11 is 0. The molecule has 1 heterocycles. The van der Waals surface area contributed by atoms with E-state index < -0.39 is 0 Å². The van der Waals surface area contributed by atoms with Gasteiger partial charge in [0.2, 0.25) is 0 Å². The van der Waals surface area contributed by atoms with Crippen LogP contribution in [0.3, 0.4) is 0 Å². The van der Waals surface area contributed by atoms with E-state index in [0.717, 1.165) is 22.0 Å². The highest BCUT2D eigenvalue weighted by molar-refractivity contribution is 5.99. The van der Waals surface area contributed by atoms with Crippen LogP contribution in [0.5, 0.6) is 0 Å². The van der Waals surface area contributed by atoms with E-state index in [1.165, 1.54) is 36.2 Å². The van der Waals surface area contributed by atoms with Crippen molar-refractivity contribution in [1.82, 2.24) is 4.98 Å². The van der Waals surface area contributed by atoms with Crippen molar-refractivity contribution < 1.29 is 4.39 Å². The molecular weight excluding hydrogens is 309 g/mol. The quantitative estimate of drug-likeness (QED) is 0.504. The number of allylic oxidation sites excluding steroid dienone is 1. The monoisotopic (exact) mass is 333 g/mol. The third kappa shape index (κ3) is 3.48. The first-order valence-electron chi connectivity index (χ1n) is 9.09. The Labute approximate surface area is 149 Å². The van der Waals surface area contributed by atoms with Gasteiger partial charge in [-0.1, -0.05) is 56.3 Å². The van der Waals surface area contributed by atoms with Crippen LogP contribution in [0, 0.1) is 5.82 Å². The maximum atomic E-state index is 13.4. The minimum atomic E-state index is -0.206. The molecule has 2 heteroatoms. The van der Waals surface area contributed by atoms with E-state index in [0.29, 0.717) is 5.92 Å². The SMILES string of the molecule is C/C=C/c1c(C2CC2)nc2ccccc2c1-c1ccc(F)cc1.CC. The molecule has 1 aliphatic carbocycles. The number of aromatic nitrogens is 1. The minimum absolute atomic E-state index is 0.206. The van der Waals surface area contributed by atoms with E-state index in [1.807, 2.05) is 45.0 Å². The summed E-state index contributed by atoms with van der Waals surface area (Å²) < 4.78 is 13.4. The molecular formula is C23H24FN. The Morgan fingerprint density at radius 1 is 1.00 bits per heavy atom. The Morgan fingerprint density at radius 3 is 2.32 bits per heavy atom. The normalized spacial score (nSPS) is 13.8. The van der Waals surface area contributed by atoms with Crippen LogP contribution in [0.4, 0.5) is 4.39 Å². The van der Waals surface area contributed by atoms with Crippen molar-refractivity contribution in [2.24, 2.45) is 0 Å². The summed E-state index contributed by atoms with van der Waals surface area (Å²) in [5, 5.41) is 1.12. The van der Waals surface area contributed by atoms with Crippen molar-refractivity contribution in [1.29, 1.82) is 0 Å². The van der Waals surface area contributed by atoms with E-state index in [9.17, 15) is 4.39 Å². The highest BCUT2D eigenvalue weighted by Gasteiger charge is 2.29. The second-order valence-corrected chi connectivity index (χ2v) is 6.08. The van der Waals surface area contributed by atoms with Gasteiger partial charge in [0.05, 0.1) is 11.2 Å². The van der Waals surface area contributed by atoms with Gasteiger partial charge in [0.1, 0.15) is 5.82 Å². The van der Waals surface area contributed by atoms with E-state index in [2.05, 4.69) is 24.3 Å². The van der Waals surface area contributed by atoms with Gasteiger partial charge in [0, 0.05) is 22.4 Å². The largest absolute Gasteiger partial charge is 0.252 e. The molecule has 0 aliphatic heterocycles. The molecule has 0 bridgehead atoms. The fourth-order valence-electron chi connectivity index (χ4n) is 3.18. The molecule has 25 heavy (non-hydrogen) atoms. The summed E-state index contributed by atoms with van der Waals surface area (Å²) in [5.41, 5.74) is 5.58. The fourth-order valence-corrected chi connectivity index (χ4v) is 3.18. The molecule has 0 radical (unpaired) electrons. The number of rotatable bonds is 3. The first kappa shape index (κ1) is 17.3. The Kier molecular flexibility index (Phi) is 5.28. The standard InChI is InChI=1S/C21H18FN.C2H6/c1-2-5-18-20(14-10-12-16(22)13-11-14)17-6-3-4-7-19(17)23-21(18)15-8-9-15;1-2/h2-7,10-13,15H,8-9H2,1H3;1-2H3/b5-2+;. The lowest BCUT2D eigenvalue weighted by Crippen LogP contribution is -1.98. The van der Waals surface area contributed by atoms with Crippen molar-refractivity contribution in [2.45, 2.75) is 39.5 Å². The number of halogens is 1. The average Bonchev–Trinajstić information content (AvgIpc) is 3.49. The minimum Gasteiger partial charge on any atom is -0.252 e. The van der Waals surface area contributed by atoms with Crippen LogP contribution in [-0.4, -0.2) is 4.98 Å². The molecule has 4 rings (SSSR count). The Bertz CT molecular complexity index is 890. The molecule has 1 nitrogen and oxygen atoms in total. The highest BCUT2D eigenvalue weighted by Crippen LogP contribution is 2.45. The molecule has 1 fully saturated rings. The van der Waals surface area contributed by atoms with Gasteiger partial charge in [-0.15, -0.1) is 0 Å². The predicted octanol–water partition coefficient (Wildman–Crippen LogP) is 6.98. The Balaban J connectivity index is 0.000000880. The van der Waals surface area contributed by atoms with Crippen LogP contribution < -0.4 is 0 Å². The van der Waals surface area contributed by atoms with Gasteiger partial charge in [-0.3, -0.25) is 4.98 Å². The maximum absolute atomic E-state index is 13.4. The zero-order valence-electron chi connectivity index (χ0n) is 15.1. The van der Waals surface area contributed by atoms with Crippen LogP contribution in [0.2, 0.25) is 0 Å². The zero-order valence-corrected chi connectivity index (χ0v) is 15.1. The molecule has 2 aromatic carbocycles. The predicted molar refractivity (Wildman–Crippen MR) is 105 cm³/mol. The van der Waals surface area contributed by atoms with Crippen molar-refractivity contribution in [3.63, 3.8) is 0 Å². The molecule has 1 aromatic heterocycles. The molecule has 0 spiro atoms. The summed E-state index contributed by atoms with van der Waals surface area (Å²) in [6.45, 7) is 6.03. The molecule has 0 amide bonds. The van der Waals surface area contributed by atoms with Crippen LogP contribution >= 0.6 is 0 Å². The van der Waals surface area contributed by atoms with Gasteiger partial charge >= 0.3 is 0 Å². The van der Waals surface area contributed by atoms with Crippen LogP contribution in [0.1, 0.15) is 50.8 Å². The van der Waals surface area contributed by atoms with Crippen LogP contribution in [0.25, 0.3) is 28.1 Å². The second-order valence-electron chi connectivity index (χ2n) is 6.08. The van der Waals surface area contributed by atoms with Gasteiger partial charge in [0.25, 0.3) is 0 Å². The molecule has 0 atom stereocenters. The molecule has 3 aromatic rings. The lowest BCUT2D eigenvalue weighted by Gasteiger charge is -2.15. The lowest BCUT2D eigenvalue weighted by molar-refractivity contribution is 0.628. The third-order valence-electron chi connectivity index (χ3n) is 4.39. The summed E-state index contributed by atoms with van der Waals surface area (Å²) in [6, 6.07) is 15.0.